The number of amides is 1. The fourth-order valence-corrected chi connectivity index (χ4v) is 1.55. The molecule has 0 N–H and O–H groups in total. The predicted octanol–water partition coefficient (Wildman–Crippen LogP) is 1.05. The Morgan fingerprint density at radius 1 is 1.61 bits per heavy atom. The molecule has 94 valence electrons. The van der Waals surface area contributed by atoms with E-state index >= 15 is 0 Å². The lowest BCUT2D eigenvalue weighted by atomic mass is 10.3. The maximum absolute atomic E-state index is 12.0. The van der Waals surface area contributed by atoms with Gasteiger partial charge in [0.1, 0.15) is 23.8 Å². The Balaban J connectivity index is 2.19. The highest BCUT2D eigenvalue weighted by Crippen LogP contribution is 2.18. The third-order valence-corrected chi connectivity index (χ3v) is 2.47. The number of aliphatic imine (C=N–C) groups is 1. The SMILES string of the molecule is COC(=O)CN1C(=O)/C(=C\c2ccco2)N=C1C. The molecular formula is C12H12N2O4. The van der Waals surface area contributed by atoms with Crippen LogP contribution in [0.15, 0.2) is 33.5 Å². The minimum Gasteiger partial charge on any atom is -0.468 e. The summed E-state index contributed by atoms with van der Waals surface area (Å²) in [5, 5.41) is 0. The second-order valence-electron chi connectivity index (χ2n) is 3.67. The highest BCUT2D eigenvalue weighted by molar-refractivity contribution is 6.14. The van der Waals surface area contributed by atoms with Crippen molar-refractivity contribution >= 4 is 23.8 Å². The number of methoxy groups -OCH3 is 1. The Kier molecular flexibility index (Phi) is 3.27. The standard InChI is InChI=1S/C12H12N2O4/c1-8-13-10(6-9-4-3-5-18-9)12(16)14(8)7-11(15)17-2/h3-6H,7H2,1-2H3/b10-6+. The summed E-state index contributed by atoms with van der Waals surface area (Å²) in [6.45, 7) is 1.52. The van der Waals surface area contributed by atoms with E-state index in [1.165, 1.54) is 24.3 Å². The molecule has 2 heterocycles. The first-order chi connectivity index (χ1) is 8.61. The molecule has 0 radical (unpaired) electrons. The van der Waals surface area contributed by atoms with Gasteiger partial charge >= 0.3 is 5.97 Å². The fourth-order valence-electron chi connectivity index (χ4n) is 1.55. The molecule has 0 aliphatic carbocycles. The van der Waals surface area contributed by atoms with Crippen molar-refractivity contribution in [3.8, 4) is 0 Å². The monoisotopic (exact) mass is 248 g/mol. The average molecular weight is 248 g/mol. The van der Waals surface area contributed by atoms with Crippen molar-refractivity contribution in [3.05, 3.63) is 29.9 Å². The van der Waals surface area contributed by atoms with Crippen molar-refractivity contribution in [2.45, 2.75) is 6.92 Å². The van der Waals surface area contributed by atoms with Gasteiger partial charge in [0.15, 0.2) is 0 Å². The van der Waals surface area contributed by atoms with Gasteiger partial charge in [-0.3, -0.25) is 14.5 Å². The van der Waals surface area contributed by atoms with Gasteiger partial charge in [-0.15, -0.1) is 0 Å². The van der Waals surface area contributed by atoms with Gasteiger partial charge in [0.25, 0.3) is 5.91 Å². The smallest absolute Gasteiger partial charge is 0.325 e. The van der Waals surface area contributed by atoms with Crippen molar-refractivity contribution in [1.82, 2.24) is 4.90 Å². The molecule has 1 aromatic rings. The quantitative estimate of drug-likeness (QED) is 0.592. The van der Waals surface area contributed by atoms with Crippen molar-refractivity contribution in [2.75, 3.05) is 13.7 Å². The van der Waals surface area contributed by atoms with Gasteiger partial charge in [-0.2, -0.15) is 0 Å². The Morgan fingerprint density at radius 3 is 3.00 bits per heavy atom. The molecule has 2 rings (SSSR count). The molecule has 1 aliphatic rings. The number of esters is 1. The lowest BCUT2D eigenvalue weighted by molar-refractivity contribution is -0.143. The molecule has 1 aliphatic heterocycles. The number of ether oxygens (including phenoxy) is 1. The second kappa shape index (κ2) is 4.87. The van der Waals surface area contributed by atoms with Crippen LogP contribution in [0.4, 0.5) is 0 Å². The first kappa shape index (κ1) is 12.1. The molecule has 18 heavy (non-hydrogen) atoms. The molecule has 6 nitrogen and oxygen atoms in total. The van der Waals surface area contributed by atoms with Gasteiger partial charge in [0.2, 0.25) is 0 Å². The Hall–Kier alpha value is -2.37. The lowest BCUT2D eigenvalue weighted by Gasteiger charge is -2.13. The van der Waals surface area contributed by atoms with Crippen LogP contribution in [0.3, 0.4) is 0 Å². The molecule has 0 spiro atoms. The van der Waals surface area contributed by atoms with Gasteiger partial charge < -0.3 is 9.15 Å². The molecule has 6 heteroatoms. The van der Waals surface area contributed by atoms with Crippen molar-refractivity contribution in [1.29, 1.82) is 0 Å². The van der Waals surface area contributed by atoms with Gasteiger partial charge in [0.05, 0.1) is 13.4 Å². The van der Waals surface area contributed by atoms with Crippen LogP contribution in [0.25, 0.3) is 6.08 Å². The molecule has 0 atom stereocenters. The van der Waals surface area contributed by atoms with E-state index in [0.717, 1.165) is 0 Å². The predicted molar refractivity (Wildman–Crippen MR) is 63.5 cm³/mol. The molecule has 0 saturated heterocycles. The molecule has 0 saturated carbocycles. The van der Waals surface area contributed by atoms with E-state index in [1.807, 2.05) is 0 Å². The number of carbonyl (C=O) groups is 2. The second-order valence-corrected chi connectivity index (χ2v) is 3.67. The minimum absolute atomic E-state index is 0.139. The Morgan fingerprint density at radius 2 is 2.39 bits per heavy atom. The van der Waals surface area contributed by atoms with Crippen molar-refractivity contribution < 1.29 is 18.7 Å². The fraction of sp³-hybridized carbons (Fsp3) is 0.250. The van der Waals surface area contributed by atoms with E-state index in [9.17, 15) is 9.59 Å². The number of hydrogen-bond donors (Lipinski definition) is 0. The first-order valence-electron chi connectivity index (χ1n) is 5.31. The topological polar surface area (TPSA) is 72.1 Å². The van der Waals surface area contributed by atoms with Crippen LogP contribution in [0.5, 0.6) is 0 Å². The summed E-state index contributed by atoms with van der Waals surface area (Å²) < 4.78 is 9.63. The number of hydrogen-bond acceptors (Lipinski definition) is 5. The summed E-state index contributed by atoms with van der Waals surface area (Å²) in [7, 11) is 1.27. The van der Waals surface area contributed by atoms with E-state index in [1.54, 1.807) is 19.1 Å². The van der Waals surface area contributed by atoms with E-state index in [4.69, 9.17) is 4.42 Å². The number of rotatable bonds is 3. The summed E-state index contributed by atoms with van der Waals surface area (Å²) in [4.78, 5) is 28.5. The van der Waals surface area contributed by atoms with Crippen LogP contribution in [0.1, 0.15) is 12.7 Å². The maximum Gasteiger partial charge on any atom is 0.325 e. The minimum atomic E-state index is -0.489. The third kappa shape index (κ3) is 2.32. The summed E-state index contributed by atoms with van der Waals surface area (Å²) in [5.41, 5.74) is 0.242. The van der Waals surface area contributed by atoms with Crippen LogP contribution < -0.4 is 0 Å². The number of nitrogens with zero attached hydrogens (tertiary/aromatic N) is 2. The van der Waals surface area contributed by atoms with E-state index in [-0.39, 0.29) is 18.1 Å². The molecule has 0 aromatic carbocycles. The number of furan rings is 1. The van der Waals surface area contributed by atoms with Crippen molar-refractivity contribution in [2.24, 2.45) is 4.99 Å². The van der Waals surface area contributed by atoms with Crippen LogP contribution in [-0.4, -0.2) is 36.3 Å². The highest BCUT2D eigenvalue weighted by atomic mass is 16.5. The summed E-state index contributed by atoms with van der Waals surface area (Å²) >= 11 is 0. The van der Waals surface area contributed by atoms with Gasteiger partial charge in [-0.25, -0.2) is 4.99 Å². The van der Waals surface area contributed by atoms with E-state index in [2.05, 4.69) is 9.73 Å². The van der Waals surface area contributed by atoms with Gasteiger partial charge in [0, 0.05) is 6.08 Å². The van der Waals surface area contributed by atoms with Gasteiger partial charge in [-0.05, 0) is 19.1 Å². The summed E-state index contributed by atoms with van der Waals surface area (Å²) in [6.07, 6.45) is 3.04. The zero-order valence-corrected chi connectivity index (χ0v) is 10.0. The van der Waals surface area contributed by atoms with E-state index in [0.29, 0.717) is 11.6 Å². The van der Waals surface area contributed by atoms with Crippen molar-refractivity contribution in [3.63, 3.8) is 0 Å². The third-order valence-electron chi connectivity index (χ3n) is 2.47. The van der Waals surface area contributed by atoms with Crippen LogP contribution in [-0.2, 0) is 14.3 Å². The average Bonchev–Trinajstić information content (AvgIpc) is 2.94. The number of carbonyl (C=O) groups excluding carboxylic acids is 2. The largest absolute Gasteiger partial charge is 0.468 e. The summed E-state index contributed by atoms with van der Waals surface area (Å²) in [5.74, 6) is 0.171. The lowest BCUT2D eigenvalue weighted by Crippen LogP contribution is -2.35. The molecule has 1 amide bonds. The van der Waals surface area contributed by atoms with Crippen LogP contribution in [0, 0.1) is 0 Å². The zero-order valence-electron chi connectivity index (χ0n) is 10.0. The molecular weight excluding hydrogens is 236 g/mol. The molecule has 0 fully saturated rings. The normalized spacial score (nSPS) is 17.2. The number of amidine groups is 1. The maximum atomic E-state index is 12.0. The first-order valence-corrected chi connectivity index (χ1v) is 5.31. The molecule has 1 aromatic heterocycles. The highest BCUT2D eigenvalue weighted by Gasteiger charge is 2.29. The van der Waals surface area contributed by atoms with Gasteiger partial charge in [-0.1, -0.05) is 0 Å². The van der Waals surface area contributed by atoms with Crippen LogP contribution >= 0.6 is 0 Å². The summed E-state index contributed by atoms with van der Waals surface area (Å²) in [6, 6.07) is 3.43. The van der Waals surface area contributed by atoms with E-state index < -0.39 is 5.97 Å². The Labute approximate surface area is 104 Å². The molecule has 0 bridgehead atoms. The zero-order chi connectivity index (χ0) is 13.1. The Bertz CT molecular complexity index is 528. The molecule has 0 unspecified atom stereocenters. The van der Waals surface area contributed by atoms with Crippen LogP contribution in [0.2, 0.25) is 0 Å².